The Kier molecular flexibility index (Phi) is 5.76. The Morgan fingerprint density at radius 2 is 1.80 bits per heavy atom. The lowest BCUT2D eigenvalue weighted by Gasteiger charge is -2.42. The van der Waals surface area contributed by atoms with Crippen molar-refractivity contribution in [1.82, 2.24) is 0 Å². The molecule has 5 heteroatoms. The van der Waals surface area contributed by atoms with Gasteiger partial charge >= 0.3 is 5.97 Å². The molecule has 0 spiro atoms. The lowest BCUT2D eigenvalue weighted by molar-refractivity contribution is -0.387. The van der Waals surface area contributed by atoms with Crippen molar-refractivity contribution in [3.8, 4) is 0 Å². The summed E-state index contributed by atoms with van der Waals surface area (Å²) in [5, 5.41) is 21.0. The van der Waals surface area contributed by atoms with Crippen molar-refractivity contribution >= 4 is 17.2 Å². The molecule has 3 rings (SSSR count). The average molecular weight is 410 g/mol. The number of nitro groups is 1. The molecule has 0 fully saturated rings. The van der Waals surface area contributed by atoms with E-state index >= 15 is 0 Å². The SMILES string of the molecule is CC1CC(=CC=CC=CC(=O)O)c2cc3c(c([N+](=O)[O-])c2C1)C(C)(C)CCC3(C)C. The Labute approximate surface area is 178 Å². The molecule has 1 unspecified atom stereocenters. The summed E-state index contributed by atoms with van der Waals surface area (Å²) >= 11 is 0. The molecule has 0 saturated carbocycles. The topological polar surface area (TPSA) is 80.4 Å². The number of carbonyl (C=O) groups is 1. The molecule has 0 saturated heterocycles. The minimum atomic E-state index is -0.990. The number of carboxylic acids is 1. The number of benzene rings is 1. The van der Waals surface area contributed by atoms with E-state index in [9.17, 15) is 14.9 Å². The van der Waals surface area contributed by atoms with Crippen LogP contribution in [0.15, 0.2) is 36.4 Å². The second kappa shape index (κ2) is 7.86. The lowest BCUT2D eigenvalue weighted by Crippen LogP contribution is -2.35. The van der Waals surface area contributed by atoms with E-state index in [2.05, 4.69) is 40.7 Å². The fourth-order valence-electron chi connectivity index (χ4n) is 4.95. The first-order chi connectivity index (χ1) is 13.9. The van der Waals surface area contributed by atoms with Crippen molar-refractivity contribution < 1.29 is 14.8 Å². The van der Waals surface area contributed by atoms with Gasteiger partial charge in [0.2, 0.25) is 0 Å². The van der Waals surface area contributed by atoms with E-state index in [1.807, 2.05) is 12.2 Å². The molecule has 2 aliphatic rings. The van der Waals surface area contributed by atoms with Gasteiger partial charge in [-0.15, -0.1) is 0 Å². The quantitative estimate of drug-likeness (QED) is 0.282. The predicted molar refractivity (Wildman–Crippen MR) is 120 cm³/mol. The largest absolute Gasteiger partial charge is 0.478 e. The molecule has 1 aromatic carbocycles. The summed E-state index contributed by atoms with van der Waals surface area (Å²) in [4.78, 5) is 22.8. The van der Waals surface area contributed by atoms with E-state index in [1.165, 1.54) is 6.08 Å². The van der Waals surface area contributed by atoms with Crippen molar-refractivity contribution in [3.05, 3.63) is 68.8 Å². The number of carboxylic acid groups (broad SMARTS) is 1. The number of aliphatic carboxylic acids is 1. The van der Waals surface area contributed by atoms with Crippen LogP contribution in [0.3, 0.4) is 0 Å². The number of nitro benzene ring substituents is 1. The van der Waals surface area contributed by atoms with Crippen LogP contribution in [0.4, 0.5) is 5.69 Å². The zero-order valence-electron chi connectivity index (χ0n) is 18.5. The van der Waals surface area contributed by atoms with Crippen LogP contribution < -0.4 is 0 Å². The highest BCUT2D eigenvalue weighted by Gasteiger charge is 2.44. The molecule has 30 heavy (non-hydrogen) atoms. The highest BCUT2D eigenvalue weighted by Crippen LogP contribution is 2.53. The maximum absolute atomic E-state index is 12.3. The molecule has 1 atom stereocenters. The summed E-state index contributed by atoms with van der Waals surface area (Å²) in [5.41, 5.74) is 4.89. The monoisotopic (exact) mass is 409 g/mol. The minimum Gasteiger partial charge on any atom is -0.478 e. The predicted octanol–water partition coefficient (Wildman–Crippen LogP) is 6.11. The standard InChI is InChI=1S/C25H31NO4/c1-16-13-17(9-7-6-8-10-21(27)28)18-15-20-22(23(26(29)30)19(18)14-16)25(4,5)12-11-24(20,2)3/h6-10,15-16H,11-14H2,1-5H3,(H,27,28). The van der Waals surface area contributed by atoms with E-state index in [1.54, 1.807) is 6.08 Å². The molecule has 5 nitrogen and oxygen atoms in total. The first-order valence-corrected chi connectivity index (χ1v) is 10.6. The Morgan fingerprint density at radius 1 is 1.13 bits per heavy atom. The van der Waals surface area contributed by atoms with Crippen LogP contribution in [-0.4, -0.2) is 16.0 Å². The molecule has 0 amide bonds. The zero-order chi connectivity index (χ0) is 22.3. The van der Waals surface area contributed by atoms with Gasteiger partial charge in [0, 0.05) is 17.2 Å². The number of hydrogen-bond donors (Lipinski definition) is 1. The first kappa shape index (κ1) is 22.0. The summed E-state index contributed by atoms with van der Waals surface area (Å²) in [7, 11) is 0. The highest BCUT2D eigenvalue weighted by atomic mass is 16.6. The van der Waals surface area contributed by atoms with Crippen molar-refractivity contribution in [2.45, 2.75) is 71.1 Å². The second-order valence-electron chi connectivity index (χ2n) is 9.99. The smallest absolute Gasteiger partial charge is 0.328 e. The normalized spacial score (nSPS) is 23.5. The zero-order valence-corrected chi connectivity index (χ0v) is 18.5. The summed E-state index contributed by atoms with van der Waals surface area (Å²) in [6.45, 7) is 10.7. The van der Waals surface area contributed by atoms with Crippen LogP contribution in [0.2, 0.25) is 0 Å². The summed E-state index contributed by atoms with van der Waals surface area (Å²) in [6, 6.07) is 2.21. The molecule has 0 aliphatic heterocycles. The van der Waals surface area contributed by atoms with Gasteiger partial charge in [-0.3, -0.25) is 10.1 Å². The molecule has 2 aliphatic carbocycles. The molecule has 0 radical (unpaired) electrons. The summed E-state index contributed by atoms with van der Waals surface area (Å²) < 4.78 is 0. The highest BCUT2D eigenvalue weighted by molar-refractivity contribution is 5.80. The van der Waals surface area contributed by atoms with Gasteiger partial charge < -0.3 is 5.11 Å². The van der Waals surface area contributed by atoms with Crippen LogP contribution in [0.1, 0.15) is 76.1 Å². The minimum absolute atomic E-state index is 0.112. The van der Waals surface area contributed by atoms with Gasteiger partial charge in [-0.1, -0.05) is 58.9 Å². The van der Waals surface area contributed by atoms with Crippen LogP contribution in [0.25, 0.3) is 5.57 Å². The Morgan fingerprint density at radius 3 is 2.43 bits per heavy atom. The second-order valence-corrected chi connectivity index (χ2v) is 9.99. The molecule has 0 aromatic heterocycles. The van der Waals surface area contributed by atoms with Crippen LogP contribution in [0.5, 0.6) is 0 Å². The molecule has 0 heterocycles. The van der Waals surface area contributed by atoms with Gasteiger partial charge in [0.15, 0.2) is 0 Å². The fraction of sp³-hybridized carbons (Fsp3) is 0.480. The fourth-order valence-corrected chi connectivity index (χ4v) is 4.95. The van der Waals surface area contributed by atoms with E-state index < -0.39 is 5.97 Å². The Hall–Kier alpha value is -2.69. The molecule has 1 aromatic rings. The van der Waals surface area contributed by atoms with Crippen LogP contribution in [-0.2, 0) is 22.0 Å². The van der Waals surface area contributed by atoms with E-state index in [-0.39, 0.29) is 15.8 Å². The van der Waals surface area contributed by atoms with Gasteiger partial charge in [0.1, 0.15) is 0 Å². The van der Waals surface area contributed by atoms with E-state index in [0.29, 0.717) is 18.0 Å². The third kappa shape index (κ3) is 4.11. The van der Waals surface area contributed by atoms with Crippen LogP contribution >= 0.6 is 0 Å². The first-order valence-electron chi connectivity index (χ1n) is 10.6. The number of fused-ring (bicyclic) bond motifs is 2. The number of rotatable bonds is 4. The molecule has 1 N–H and O–H groups in total. The molecule has 0 bridgehead atoms. The van der Waals surface area contributed by atoms with Crippen molar-refractivity contribution in [1.29, 1.82) is 0 Å². The van der Waals surface area contributed by atoms with Crippen molar-refractivity contribution in [2.24, 2.45) is 5.92 Å². The number of nitrogens with zero attached hydrogens (tertiary/aromatic N) is 1. The average Bonchev–Trinajstić information content (AvgIpc) is 2.63. The van der Waals surface area contributed by atoms with Gasteiger partial charge in [-0.25, -0.2) is 4.79 Å². The van der Waals surface area contributed by atoms with Gasteiger partial charge in [0.05, 0.1) is 4.92 Å². The lowest BCUT2D eigenvalue weighted by atomic mass is 9.61. The maximum Gasteiger partial charge on any atom is 0.328 e. The molecular formula is C25H31NO4. The van der Waals surface area contributed by atoms with Crippen molar-refractivity contribution in [2.75, 3.05) is 0 Å². The summed E-state index contributed by atoms with van der Waals surface area (Å²) in [6.07, 6.45) is 11.5. The third-order valence-electron chi connectivity index (χ3n) is 6.59. The van der Waals surface area contributed by atoms with Crippen LogP contribution in [0, 0.1) is 16.0 Å². The Balaban J connectivity index is 2.24. The molecule has 160 valence electrons. The molecular weight excluding hydrogens is 378 g/mol. The third-order valence-corrected chi connectivity index (χ3v) is 6.59. The van der Waals surface area contributed by atoms with Gasteiger partial charge in [0.25, 0.3) is 5.69 Å². The van der Waals surface area contributed by atoms with Crippen molar-refractivity contribution in [3.63, 3.8) is 0 Å². The number of allylic oxidation sites excluding steroid dienone is 5. The van der Waals surface area contributed by atoms with E-state index in [4.69, 9.17) is 5.11 Å². The maximum atomic E-state index is 12.3. The van der Waals surface area contributed by atoms with E-state index in [0.717, 1.165) is 53.2 Å². The number of hydrogen-bond acceptors (Lipinski definition) is 3. The summed E-state index contributed by atoms with van der Waals surface area (Å²) in [5.74, 6) is -0.681. The van der Waals surface area contributed by atoms with Gasteiger partial charge in [-0.05, 0) is 65.2 Å². The van der Waals surface area contributed by atoms with Gasteiger partial charge in [-0.2, -0.15) is 0 Å². The Bertz CT molecular complexity index is 979.